The third kappa shape index (κ3) is 4.15. The topological polar surface area (TPSA) is 115 Å². The summed E-state index contributed by atoms with van der Waals surface area (Å²) in [6.07, 6.45) is 1.47. The number of carbonyl (C=O) groups excluding carboxylic acids is 1. The second-order valence-corrected chi connectivity index (χ2v) is 8.59. The van der Waals surface area contributed by atoms with Crippen LogP contribution in [0, 0.1) is 11.6 Å². The highest BCUT2D eigenvalue weighted by atomic mass is 32.1. The van der Waals surface area contributed by atoms with Gasteiger partial charge in [0.25, 0.3) is 5.91 Å². The van der Waals surface area contributed by atoms with Crippen LogP contribution in [0.4, 0.5) is 29.7 Å². The molecule has 0 saturated carbocycles. The van der Waals surface area contributed by atoms with Crippen LogP contribution in [-0.4, -0.2) is 46.0 Å². The number of aryl methyl sites for hydroxylation is 1. The summed E-state index contributed by atoms with van der Waals surface area (Å²) in [5.41, 5.74) is 11.6. The summed E-state index contributed by atoms with van der Waals surface area (Å²) in [4.78, 5) is 18.7. The summed E-state index contributed by atoms with van der Waals surface area (Å²) in [7, 11) is 1.68. The van der Waals surface area contributed by atoms with Crippen LogP contribution in [0.2, 0.25) is 0 Å². The van der Waals surface area contributed by atoms with Crippen molar-refractivity contribution in [2.45, 2.75) is 25.1 Å². The number of hydrogen-bond donors (Lipinski definition) is 3. The molecule has 1 aliphatic heterocycles. The first kappa shape index (κ1) is 22.1. The fraction of sp³-hybridized carbons (Fsp3) is 0.350. The number of nitrogens with two attached hydrogens (primary N) is 2. The van der Waals surface area contributed by atoms with E-state index in [1.54, 1.807) is 11.9 Å². The first-order valence-corrected chi connectivity index (χ1v) is 10.8. The Kier molecular flexibility index (Phi) is 6.07. The quantitative estimate of drug-likeness (QED) is 0.546. The highest BCUT2D eigenvalue weighted by Crippen LogP contribution is 2.34. The molecule has 1 aliphatic rings. The van der Waals surface area contributed by atoms with Gasteiger partial charge in [0.2, 0.25) is 0 Å². The number of amides is 1. The maximum absolute atomic E-state index is 14.4. The number of thiazole rings is 1. The molecular weight excluding hydrogens is 443 g/mol. The van der Waals surface area contributed by atoms with E-state index in [9.17, 15) is 18.0 Å². The van der Waals surface area contributed by atoms with Crippen molar-refractivity contribution >= 4 is 33.8 Å². The van der Waals surface area contributed by atoms with Crippen molar-refractivity contribution in [1.82, 2.24) is 14.8 Å². The molecular formula is C20H22F3N7OS. The first-order chi connectivity index (χ1) is 15.3. The molecule has 3 aromatic rings. The van der Waals surface area contributed by atoms with Crippen molar-refractivity contribution in [3.8, 4) is 10.6 Å². The van der Waals surface area contributed by atoms with E-state index in [0.29, 0.717) is 30.9 Å². The number of halogens is 3. The highest BCUT2D eigenvalue weighted by molar-refractivity contribution is 7.19. The second-order valence-electron chi connectivity index (χ2n) is 7.56. The molecule has 8 nitrogen and oxygen atoms in total. The summed E-state index contributed by atoms with van der Waals surface area (Å²) >= 11 is 0.807. The fourth-order valence-electron chi connectivity index (χ4n) is 3.71. The molecule has 12 heteroatoms. The number of carbonyl (C=O) groups is 1. The van der Waals surface area contributed by atoms with E-state index in [1.807, 2.05) is 0 Å². The van der Waals surface area contributed by atoms with E-state index >= 15 is 0 Å². The number of nitrogens with zero attached hydrogens (tertiary/aromatic N) is 4. The lowest BCUT2D eigenvalue weighted by Gasteiger charge is -2.25. The van der Waals surface area contributed by atoms with Gasteiger partial charge in [0, 0.05) is 19.6 Å². The van der Waals surface area contributed by atoms with E-state index < -0.39 is 29.8 Å². The fourth-order valence-corrected chi connectivity index (χ4v) is 4.59. The minimum atomic E-state index is -1.22. The number of benzene rings is 1. The Morgan fingerprint density at radius 3 is 2.75 bits per heavy atom. The molecule has 2 atom stereocenters. The van der Waals surface area contributed by atoms with E-state index in [1.165, 1.54) is 16.9 Å². The van der Waals surface area contributed by atoms with E-state index in [0.717, 1.165) is 23.5 Å². The molecule has 32 heavy (non-hydrogen) atoms. The van der Waals surface area contributed by atoms with Crippen LogP contribution in [0.1, 0.15) is 23.3 Å². The predicted molar refractivity (Wildman–Crippen MR) is 117 cm³/mol. The maximum atomic E-state index is 14.4. The molecule has 170 valence electrons. The summed E-state index contributed by atoms with van der Waals surface area (Å²) in [5.74, 6) is -1.76. The maximum Gasteiger partial charge on any atom is 0.277 e. The van der Waals surface area contributed by atoms with Gasteiger partial charge >= 0.3 is 0 Å². The zero-order valence-electron chi connectivity index (χ0n) is 17.2. The van der Waals surface area contributed by atoms with Crippen molar-refractivity contribution in [1.29, 1.82) is 0 Å². The third-order valence-corrected chi connectivity index (χ3v) is 6.23. The lowest BCUT2D eigenvalue weighted by molar-refractivity contribution is 0.102. The zero-order chi connectivity index (χ0) is 23.0. The lowest BCUT2D eigenvalue weighted by Crippen LogP contribution is -2.38. The Balaban J connectivity index is 1.60. The Morgan fingerprint density at radius 1 is 1.31 bits per heavy atom. The third-order valence-electron chi connectivity index (χ3n) is 5.33. The van der Waals surface area contributed by atoms with Gasteiger partial charge in [-0.05, 0) is 25.0 Å². The van der Waals surface area contributed by atoms with Crippen LogP contribution < -0.4 is 21.7 Å². The van der Waals surface area contributed by atoms with Crippen LogP contribution >= 0.6 is 11.3 Å². The summed E-state index contributed by atoms with van der Waals surface area (Å²) in [6.45, 7) is 0.616. The van der Waals surface area contributed by atoms with Crippen molar-refractivity contribution in [3.63, 3.8) is 0 Å². The van der Waals surface area contributed by atoms with Gasteiger partial charge in [-0.25, -0.2) is 18.2 Å². The molecule has 1 fully saturated rings. The van der Waals surface area contributed by atoms with Crippen LogP contribution in [0.3, 0.4) is 0 Å². The number of rotatable bonds is 4. The van der Waals surface area contributed by atoms with Gasteiger partial charge in [0.15, 0.2) is 11.5 Å². The minimum absolute atomic E-state index is 0.00941. The number of aromatic nitrogens is 3. The predicted octanol–water partition coefficient (Wildman–Crippen LogP) is 2.92. The molecule has 1 saturated heterocycles. The van der Waals surface area contributed by atoms with Gasteiger partial charge in [-0.1, -0.05) is 17.4 Å². The SMILES string of the molecule is Cn1ncc(NC(=O)c2nc(-c3c(F)cccc3F)sc2N)c1N1CCC[C@H](N)[C@@H](F)C1. The molecule has 3 heterocycles. The molecule has 2 aromatic heterocycles. The lowest BCUT2D eigenvalue weighted by atomic mass is 10.1. The zero-order valence-corrected chi connectivity index (χ0v) is 18.0. The van der Waals surface area contributed by atoms with Crippen molar-refractivity contribution < 1.29 is 18.0 Å². The van der Waals surface area contributed by atoms with Gasteiger partial charge in [0.05, 0.1) is 18.3 Å². The molecule has 0 radical (unpaired) electrons. The van der Waals surface area contributed by atoms with E-state index in [2.05, 4.69) is 15.4 Å². The van der Waals surface area contributed by atoms with Gasteiger partial charge in [0.1, 0.15) is 33.5 Å². The minimum Gasteiger partial charge on any atom is -0.389 e. The summed E-state index contributed by atoms with van der Waals surface area (Å²) in [6, 6.07) is 2.89. The number of nitrogen functional groups attached to an aromatic ring is 1. The average molecular weight is 466 g/mol. The van der Waals surface area contributed by atoms with Crippen LogP contribution in [0.15, 0.2) is 24.4 Å². The molecule has 5 N–H and O–H groups in total. The number of nitrogens with one attached hydrogen (secondary N) is 1. The molecule has 0 unspecified atom stereocenters. The normalized spacial score (nSPS) is 19.1. The van der Waals surface area contributed by atoms with Gasteiger partial charge < -0.3 is 21.7 Å². The van der Waals surface area contributed by atoms with Crippen LogP contribution in [-0.2, 0) is 7.05 Å². The summed E-state index contributed by atoms with van der Waals surface area (Å²) in [5, 5.41) is 6.82. The Morgan fingerprint density at radius 2 is 2.03 bits per heavy atom. The highest BCUT2D eigenvalue weighted by Gasteiger charge is 2.28. The number of anilines is 3. The number of hydrogen-bond acceptors (Lipinski definition) is 7. The summed E-state index contributed by atoms with van der Waals surface area (Å²) < 4.78 is 44.1. The Bertz CT molecular complexity index is 1130. The monoisotopic (exact) mass is 465 g/mol. The van der Waals surface area contributed by atoms with Crippen molar-refractivity contribution in [3.05, 3.63) is 41.7 Å². The Labute approximate surface area is 186 Å². The van der Waals surface area contributed by atoms with E-state index in [4.69, 9.17) is 11.5 Å². The smallest absolute Gasteiger partial charge is 0.277 e. The molecule has 0 spiro atoms. The van der Waals surface area contributed by atoms with Crippen LogP contribution in [0.5, 0.6) is 0 Å². The van der Waals surface area contributed by atoms with E-state index in [-0.39, 0.29) is 27.8 Å². The Hall–Kier alpha value is -3.12. The largest absolute Gasteiger partial charge is 0.389 e. The van der Waals surface area contributed by atoms with Gasteiger partial charge in [-0.2, -0.15) is 5.10 Å². The van der Waals surface area contributed by atoms with Crippen molar-refractivity contribution in [2.75, 3.05) is 29.0 Å². The molecule has 4 rings (SSSR count). The molecule has 0 bridgehead atoms. The molecule has 0 aliphatic carbocycles. The molecule has 1 amide bonds. The average Bonchev–Trinajstić information content (AvgIpc) is 3.24. The number of alkyl halides is 1. The second kappa shape index (κ2) is 8.79. The standard InChI is InChI=1S/C20H22F3N7OS/c1-29-20(30-7-3-6-13(24)12(23)9-30)14(8-26-29)27-18(31)16-17(25)32-19(28-16)15-10(21)4-2-5-11(15)22/h2,4-5,8,12-13H,3,6-7,9,24-25H2,1H3,(H,27,31)/t12-,13-/m0/s1. The first-order valence-electron chi connectivity index (χ1n) is 9.95. The van der Waals surface area contributed by atoms with Gasteiger partial charge in [-0.3, -0.25) is 9.48 Å². The van der Waals surface area contributed by atoms with Crippen LogP contribution in [0.25, 0.3) is 10.6 Å². The molecule has 1 aromatic carbocycles. The van der Waals surface area contributed by atoms with Gasteiger partial charge in [-0.15, -0.1) is 0 Å². The van der Waals surface area contributed by atoms with Crippen molar-refractivity contribution in [2.24, 2.45) is 12.8 Å².